The Kier molecular flexibility index (Phi) is 5.21. The minimum Gasteiger partial charge on any atom is -0.325 e. The van der Waals surface area contributed by atoms with Gasteiger partial charge in [-0.05, 0) is 63.1 Å². The molecule has 0 fully saturated rings. The maximum Gasteiger partial charge on any atom is 0.239 e. The lowest BCUT2D eigenvalue weighted by Gasteiger charge is -2.23. The van der Waals surface area contributed by atoms with Crippen LogP contribution in [0.4, 0.5) is 20.2 Å². The molecule has 0 unspecified atom stereocenters. The zero-order valence-electron chi connectivity index (χ0n) is 14.5. The van der Waals surface area contributed by atoms with Crippen molar-refractivity contribution in [2.45, 2.75) is 27.7 Å². The summed E-state index contributed by atoms with van der Waals surface area (Å²) in [5.74, 6) is -3.21. The maximum absolute atomic E-state index is 13.2. The average molecular weight is 346 g/mol. The molecule has 0 aromatic heterocycles. The number of hydrogen-bond donors (Lipinski definition) is 2. The highest BCUT2D eigenvalue weighted by atomic mass is 19.2. The SMILES string of the molecule is Cc1ccc(NC(=O)C(C)(C)C(=O)Nc2ccc(F)c(F)c2)cc1C. The predicted octanol–water partition coefficient (Wildman–Crippen LogP) is 4.19. The number of benzene rings is 2. The Morgan fingerprint density at radius 2 is 1.32 bits per heavy atom. The molecule has 6 heteroatoms. The molecule has 2 N–H and O–H groups in total. The molecule has 0 atom stereocenters. The first-order chi connectivity index (χ1) is 11.6. The molecule has 25 heavy (non-hydrogen) atoms. The molecule has 132 valence electrons. The topological polar surface area (TPSA) is 58.2 Å². The van der Waals surface area contributed by atoms with Crippen molar-refractivity contribution >= 4 is 23.2 Å². The highest BCUT2D eigenvalue weighted by Crippen LogP contribution is 2.23. The van der Waals surface area contributed by atoms with Crippen molar-refractivity contribution in [2.24, 2.45) is 5.41 Å². The van der Waals surface area contributed by atoms with Crippen LogP contribution in [0.5, 0.6) is 0 Å². The zero-order valence-corrected chi connectivity index (χ0v) is 14.5. The van der Waals surface area contributed by atoms with Crippen LogP contribution in [0.1, 0.15) is 25.0 Å². The summed E-state index contributed by atoms with van der Waals surface area (Å²) in [7, 11) is 0. The number of carbonyl (C=O) groups excluding carboxylic acids is 2. The lowest BCUT2D eigenvalue weighted by Crippen LogP contribution is -2.41. The van der Waals surface area contributed by atoms with Crippen LogP contribution < -0.4 is 10.6 Å². The predicted molar refractivity (Wildman–Crippen MR) is 93.3 cm³/mol. The highest BCUT2D eigenvalue weighted by Gasteiger charge is 2.36. The molecular weight excluding hydrogens is 326 g/mol. The van der Waals surface area contributed by atoms with E-state index in [4.69, 9.17) is 0 Å². The molecule has 2 aromatic carbocycles. The molecule has 0 heterocycles. The van der Waals surface area contributed by atoms with Gasteiger partial charge in [0.2, 0.25) is 11.8 Å². The molecule has 2 rings (SSSR count). The van der Waals surface area contributed by atoms with E-state index in [9.17, 15) is 18.4 Å². The van der Waals surface area contributed by atoms with E-state index in [2.05, 4.69) is 10.6 Å². The van der Waals surface area contributed by atoms with Crippen LogP contribution >= 0.6 is 0 Å². The highest BCUT2D eigenvalue weighted by molar-refractivity contribution is 6.14. The third-order valence-corrected chi connectivity index (χ3v) is 4.08. The van der Waals surface area contributed by atoms with Gasteiger partial charge in [0.05, 0.1) is 0 Å². The molecular formula is C19H20F2N2O2. The number of anilines is 2. The van der Waals surface area contributed by atoms with Gasteiger partial charge in [-0.1, -0.05) is 6.07 Å². The Bertz CT molecular complexity index is 765. The van der Waals surface area contributed by atoms with Crippen LogP contribution in [0.15, 0.2) is 36.4 Å². The number of rotatable bonds is 4. The molecule has 0 radical (unpaired) electrons. The Balaban J connectivity index is 2.12. The molecule has 4 nitrogen and oxygen atoms in total. The van der Waals surface area contributed by atoms with Crippen molar-refractivity contribution in [2.75, 3.05) is 10.6 Å². The fourth-order valence-corrected chi connectivity index (χ4v) is 2.07. The smallest absolute Gasteiger partial charge is 0.239 e. The molecule has 2 aromatic rings. The lowest BCUT2D eigenvalue weighted by molar-refractivity contribution is -0.135. The monoisotopic (exact) mass is 346 g/mol. The normalized spacial score (nSPS) is 11.1. The molecule has 0 bridgehead atoms. The van der Waals surface area contributed by atoms with Crippen LogP contribution in [0.2, 0.25) is 0 Å². The van der Waals surface area contributed by atoms with E-state index in [1.54, 1.807) is 6.07 Å². The maximum atomic E-state index is 13.2. The van der Waals surface area contributed by atoms with Crippen molar-refractivity contribution in [3.05, 3.63) is 59.2 Å². The number of hydrogen-bond acceptors (Lipinski definition) is 2. The van der Waals surface area contributed by atoms with Gasteiger partial charge in [-0.25, -0.2) is 8.78 Å². The number of amides is 2. The van der Waals surface area contributed by atoms with Gasteiger partial charge in [0.25, 0.3) is 0 Å². The van der Waals surface area contributed by atoms with Gasteiger partial charge in [-0.2, -0.15) is 0 Å². The van der Waals surface area contributed by atoms with Crippen molar-refractivity contribution in [3.63, 3.8) is 0 Å². The number of nitrogens with one attached hydrogen (secondary N) is 2. The summed E-state index contributed by atoms with van der Waals surface area (Å²) in [6.07, 6.45) is 0. The van der Waals surface area contributed by atoms with E-state index in [0.29, 0.717) is 5.69 Å². The first-order valence-corrected chi connectivity index (χ1v) is 7.76. The number of aryl methyl sites for hydroxylation is 2. The largest absolute Gasteiger partial charge is 0.325 e. The van der Waals surface area contributed by atoms with Crippen LogP contribution in [-0.4, -0.2) is 11.8 Å². The summed E-state index contributed by atoms with van der Waals surface area (Å²) in [5.41, 5.74) is 1.36. The number of carbonyl (C=O) groups is 2. The van der Waals surface area contributed by atoms with Gasteiger partial charge in [-0.3, -0.25) is 9.59 Å². The van der Waals surface area contributed by atoms with E-state index >= 15 is 0 Å². The van der Waals surface area contributed by atoms with Crippen LogP contribution in [-0.2, 0) is 9.59 Å². The van der Waals surface area contributed by atoms with E-state index in [1.165, 1.54) is 19.9 Å². The lowest BCUT2D eigenvalue weighted by atomic mass is 9.90. The molecule has 0 saturated heterocycles. The van der Waals surface area contributed by atoms with Gasteiger partial charge < -0.3 is 10.6 Å². The van der Waals surface area contributed by atoms with Crippen LogP contribution in [0.3, 0.4) is 0 Å². The minimum absolute atomic E-state index is 0.0796. The summed E-state index contributed by atoms with van der Waals surface area (Å²) in [4.78, 5) is 24.9. The van der Waals surface area contributed by atoms with E-state index in [-0.39, 0.29) is 5.69 Å². The van der Waals surface area contributed by atoms with Crippen LogP contribution in [0, 0.1) is 30.9 Å². The first-order valence-electron chi connectivity index (χ1n) is 7.76. The van der Waals surface area contributed by atoms with Gasteiger partial charge in [0.15, 0.2) is 11.6 Å². The molecule has 0 aliphatic heterocycles. The Morgan fingerprint density at radius 3 is 1.84 bits per heavy atom. The van der Waals surface area contributed by atoms with Crippen molar-refractivity contribution < 1.29 is 18.4 Å². The standard InChI is InChI=1S/C19H20F2N2O2/c1-11-5-6-13(9-12(11)2)22-17(24)19(3,4)18(25)23-14-7-8-15(20)16(21)10-14/h5-10H,1-4H3,(H,22,24)(H,23,25). The Morgan fingerprint density at radius 1 is 0.800 bits per heavy atom. The molecule has 2 amide bonds. The van der Waals surface area contributed by atoms with Gasteiger partial charge >= 0.3 is 0 Å². The average Bonchev–Trinajstić information content (AvgIpc) is 2.54. The molecule has 0 spiro atoms. The fourth-order valence-electron chi connectivity index (χ4n) is 2.07. The second-order valence-electron chi connectivity index (χ2n) is 6.46. The summed E-state index contributed by atoms with van der Waals surface area (Å²) in [6, 6.07) is 8.45. The fraction of sp³-hybridized carbons (Fsp3) is 0.263. The summed E-state index contributed by atoms with van der Waals surface area (Å²) >= 11 is 0. The van der Waals surface area contributed by atoms with Gasteiger partial charge in [-0.15, -0.1) is 0 Å². The van der Waals surface area contributed by atoms with E-state index < -0.39 is 28.9 Å². The summed E-state index contributed by atoms with van der Waals surface area (Å²) < 4.78 is 26.2. The number of halogens is 2. The third-order valence-electron chi connectivity index (χ3n) is 4.08. The van der Waals surface area contributed by atoms with Crippen molar-refractivity contribution in [1.82, 2.24) is 0 Å². The van der Waals surface area contributed by atoms with Crippen molar-refractivity contribution in [3.8, 4) is 0 Å². The van der Waals surface area contributed by atoms with Crippen molar-refractivity contribution in [1.29, 1.82) is 0 Å². The zero-order chi connectivity index (χ0) is 18.8. The third kappa shape index (κ3) is 4.21. The minimum atomic E-state index is -1.41. The second kappa shape index (κ2) is 7.01. The molecule has 0 aliphatic carbocycles. The quantitative estimate of drug-likeness (QED) is 0.816. The van der Waals surface area contributed by atoms with E-state index in [0.717, 1.165) is 23.3 Å². The van der Waals surface area contributed by atoms with E-state index in [1.807, 2.05) is 26.0 Å². The molecule has 0 saturated carbocycles. The summed E-state index contributed by atoms with van der Waals surface area (Å²) in [5, 5.41) is 5.13. The Hall–Kier alpha value is -2.76. The second-order valence-corrected chi connectivity index (χ2v) is 6.46. The Labute approximate surface area is 145 Å². The first kappa shape index (κ1) is 18.6. The van der Waals surface area contributed by atoms with Gasteiger partial charge in [0, 0.05) is 17.4 Å². The van der Waals surface area contributed by atoms with Crippen LogP contribution in [0.25, 0.3) is 0 Å². The van der Waals surface area contributed by atoms with Gasteiger partial charge in [0.1, 0.15) is 5.41 Å². The molecule has 0 aliphatic rings. The summed E-state index contributed by atoms with van der Waals surface area (Å²) in [6.45, 7) is 6.79.